The summed E-state index contributed by atoms with van der Waals surface area (Å²) in [6.45, 7) is 6.81. The van der Waals surface area contributed by atoms with Crippen LogP contribution in [0, 0.1) is 0 Å². The van der Waals surface area contributed by atoms with Gasteiger partial charge in [-0.05, 0) is 48.4 Å². The Morgan fingerprint density at radius 3 is 2.62 bits per heavy atom. The van der Waals surface area contributed by atoms with E-state index in [0.29, 0.717) is 17.3 Å². The summed E-state index contributed by atoms with van der Waals surface area (Å²) in [7, 11) is 3.69. The number of fused-ring (bicyclic) bond motifs is 1. The van der Waals surface area contributed by atoms with Gasteiger partial charge in [0, 0.05) is 31.1 Å². The standard InChI is InChI=1S/C26H30N6O2/c1-26(2,3)17-7-6-8-18(13-17)29-25-30-21-14-19(9-10-22(21)32(25)5)34-20-11-12-28-23(15-20)31-24(33)16-27-4/h6-15,27H,16H2,1-5H3,(H,29,30)(H,28,31,33). The average molecular weight is 459 g/mol. The average Bonchev–Trinajstić information content (AvgIpc) is 3.08. The van der Waals surface area contributed by atoms with Crippen LogP contribution in [0.15, 0.2) is 60.8 Å². The molecule has 4 rings (SSSR count). The van der Waals surface area contributed by atoms with Gasteiger partial charge < -0.3 is 25.3 Å². The first-order valence-electron chi connectivity index (χ1n) is 11.2. The number of carbonyl (C=O) groups is 1. The van der Waals surface area contributed by atoms with Crippen LogP contribution in [0.2, 0.25) is 0 Å². The molecule has 0 bridgehead atoms. The molecule has 3 N–H and O–H groups in total. The van der Waals surface area contributed by atoms with Crippen molar-refractivity contribution < 1.29 is 9.53 Å². The Labute approximate surface area is 199 Å². The summed E-state index contributed by atoms with van der Waals surface area (Å²) in [5.41, 5.74) is 4.11. The molecule has 0 unspecified atom stereocenters. The molecule has 176 valence electrons. The molecule has 0 atom stereocenters. The van der Waals surface area contributed by atoms with Crippen molar-refractivity contribution in [3.05, 3.63) is 66.4 Å². The molecular formula is C26H30N6O2. The number of likely N-dealkylation sites (N-methyl/N-ethyl adjacent to an activating group) is 1. The van der Waals surface area contributed by atoms with Crippen LogP contribution in [0.4, 0.5) is 17.5 Å². The number of ether oxygens (including phenoxy) is 1. The van der Waals surface area contributed by atoms with Crippen LogP contribution in [0.1, 0.15) is 26.3 Å². The van der Waals surface area contributed by atoms with Crippen LogP contribution < -0.4 is 20.7 Å². The highest BCUT2D eigenvalue weighted by molar-refractivity contribution is 5.91. The van der Waals surface area contributed by atoms with Gasteiger partial charge in [0.25, 0.3) is 0 Å². The minimum Gasteiger partial charge on any atom is -0.457 e. The minimum absolute atomic E-state index is 0.0683. The van der Waals surface area contributed by atoms with Crippen molar-refractivity contribution in [3.63, 3.8) is 0 Å². The zero-order valence-electron chi connectivity index (χ0n) is 20.1. The third-order valence-electron chi connectivity index (χ3n) is 5.41. The maximum Gasteiger partial charge on any atom is 0.239 e. The van der Waals surface area contributed by atoms with E-state index < -0.39 is 0 Å². The summed E-state index contributed by atoms with van der Waals surface area (Å²) in [6.07, 6.45) is 1.59. The second-order valence-corrected chi connectivity index (χ2v) is 9.16. The number of carbonyl (C=O) groups excluding carboxylic acids is 1. The fraction of sp³-hybridized carbons (Fsp3) is 0.269. The number of anilines is 3. The molecule has 34 heavy (non-hydrogen) atoms. The lowest BCUT2D eigenvalue weighted by atomic mass is 9.87. The normalized spacial score (nSPS) is 11.4. The number of benzene rings is 2. The van der Waals surface area contributed by atoms with E-state index in [2.05, 4.69) is 59.9 Å². The van der Waals surface area contributed by atoms with Crippen LogP contribution >= 0.6 is 0 Å². The van der Waals surface area contributed by atoms with Crippen LogP contribution in [0.3, 0.4) is 0 Å². The molecular weight excluding hydrogens is 428 g/mol. The Bertz CT molecular complexity index is 1320. The van der Waals surface area contributed by atoms with E-state index in [1.54, 1.807) is 25.4 Å². The number of pyridine rings is 1. The summed E-state index contributed by atoms with van der Waals surface area (Å²) < 4.78 is 8.03. The van der Waals surface area contributed by atoms with Gasteiger partial charge in [-0.2, -0.15) is 0 Å². The number of aryl methyl sites for hydroxylation is 1. The highest BCUT2D eigenvalue weighted by Crippen LogP contribution is 2.30. The van der Waals surface area contributed by atoms with E-state index in [4.69, 9.17) is 9.72 Å². The van der Waals surface area contributed by atoms with Crippen molar-refractivity contribution in [2.75, 3.05) is 24.2 Å². The van der Waals surface area contributed by atoms with Gasteiger partial charge in [0.1, 0.15) is 17.3 Å². The summed E-state index contributed by atoms with van der Waals surface area (Å²) >= 11 is 0. The topological polar surface area (TPSA) is 93.1 Å². The summed E-state index contributed by atoms with van der Waals surface area (Å²) in [5.74, 6) is 2.22. The van der Waals surface area contributed by atoms with Crippen LogP contribution in [-0.2, 0) is 17.3 Å². The SMILES string of the molecule is CNCC(=O)Nc1cc(Oc2ccc3c(c2)nc(Nc2cccc(C(C)(C)C)c2)n3C)ccn1. The Hall–Kier alpha value is -3.91. The van der Waals surface area contributed by atoms with E-state index >= 15 is 0 Å². The maximum atomic E-state index is 11.8. The van der Waals surface area contributed by atoms with Gasteiger partial charge in [0.05, 0.1) is 17.6 Å². The molecule has 2 heterocycles. The van der Waals surface area contributed by atoms with Crippen molar-refractivity contribution in [1.82, 2.24) is 19.9 Å². The predicted molar refractivity (Wildman–Crippen MR) is 136 cm³/mol. The highest BCUT2D eigenvalue weighted by atomic mass is 16.5. The van der Waals surface area contributed by atoms with Crippen LogP contribution in [-0.4, -0.2) is 34.0 Å². The lowest BCUT2D eigenvalue weighted by Gasteiger charge is -2.20. The zero-order valence-corrected chi connectivity index (χ0v) is 20.1. The second-order valence-electron chi connectivity index (χ2n) is 9.16. The molecule has 0 saturated heterocycles. The lowest BCUT2D eigenvalue weighted by molar-refractivity contribution is -0.115. The van der Waals surface area contributed by atoms with E-state index in [1.165, 1.54) is 5.56 Å². The zero-order chi connectivity index (χ0) is 24.3. The van der Waals surface area contributed by atoms with Gasteiger partial charge in [-0.15, -0.1) is 0 Å². The smallest absolute Gasteiger partial charge is 0.239 e. The third kappa shape index (κ3) is 5.35. The predicted octanol–water partition coefficient (Wildman–Crippen LogP) is 4.96. The van der Waals surface area contributed by atoms with E-state index in [-0.39, 0.29) is 17.9 Å². The number of hydrogen-bond donors (Lipinski definition) is 3. The molecule has 1 amide bonds. The number of rotatable bonds is 7. The molecule has 0 fully saturated rings. The van der Waals surface area contributed by atoms with Crippen molar-refractivity contribution in [2.45, 2.75) is 26.2 Å². The van der Waals surface area contributed by atoms with Crippen molar-refractivity contribution >= 4 is 34.4 Å². The van der Waals surface area contributed by atoms with Crippen LogP contribution in [0.25, 0.3) is 11.0 Å². The van der Waals surface area contributed by atoms with Crippen molar-refractivity contribution in [3.8, 4) is 11.5 Å². The van der Waals surface area contributed by atoms with E-state index in [9.17, 15) is 4.79 Å². The molecule has 8 nitrogen and oxygen atoms in total. The fourth-order valence-corrected chi connectivity index (χ4v) is 3.57. The Morgan fingerprint density at radius 2 is 1.85 bits per heavy atom. The Morgan fingerprint density at radius 1 is 1.06 bits per heavy atom. The highest BCUT2D eigenvalue weighted by Gasteiger charge is 2.15. The third-order valence-corrected chi connectivity index (χ3v) is 5.41. The monoisotopic (exact) mass is 458 g/mol. The molecule has 0 radical (unpaired) electrons. The van der Waals surface area contributed by atoms with Gasteiger partial charge in [-0.1, -0.05) is 32.9 Å². The van der Waals surface area contributed by atoms with Crippen molar-refractivity contribution in [1.29, 1.82) is 0 Å². The van der Waals surface area contributed by atoms with Crippen LogP contribution in [0.5, 0.6) is 11.5 Å². The first-order valence-corrected chi connectivity index (χ1v) is 11.2. The summed E-state index contributed by atoms with van der Waals surface area (Å²) in [5, 5.41) is 8.97. The Kier molecular flexibility index (Phi) is 6.51. The quantitative estimate of drug-likeness (QED) is 0.362. The fourth-order valence-electron chi connectivity index (χ4n) is 3.57. The second kappa shape index (κ2) is 9.52. The number of nitrogens with one attached hydrogen (secondary N) is 3. The lowest BCUT2D eigenvalue weighted by Crippen LogP contribution is -2.25. The number of hydrogen-bond acceptors (Lipinski definition) is 6. The number of aromatic nitrogens is 3. The summed E-state index contributed by atoms with van der Waals surface area (Å²) in [4.78, 5) is 20.7. The first kappa shape index (κ1) is 23.3. The minimum atomic E-state index is -0.171. The van der Waals surface area contributed by atoms with Crippen molar-refractivity contribution in [2.24, 2.45) is 7.05 Å². The van der Waals surface area contributed by atoms with Gasteiger partial charge >= 0.3 is 0 Å². The molecule has 0 aliphatic heterocycles. The first-order chi connectivity index (χ1) is 16.2. The van der Waals surface area contributed by atoms with Gasteiger partial charge in [0.2, 0.25) is 11.9 Å². The van der Waals surface area contributed by atoms with E-state index in [1.807, 2.05) is 35.9 Å². The summed E-state index contributed by atoms with van der Waals surface area (Å²) in [6, 6.07) is 17.6. The van der Waals surface area contributed by atoms with Gasteiger partial charge in [-0.25, -0.2) is 9.97 Å². The largest absolute Gasteiger partial charge is 0.457 e. The molecule has 0 saturated carbocycles. The molecule has 2 aromatic heterocycles. The molecule has 0 spiro atoms. The Balaban J connectivity index is 1.54. The maximum absolute atomic E-state index is 11.8. The molecule has 0 aliphatic rings. The molecule has 2 aromatic carbocycles. The molecule has 0 aliphatic carbocycles. The van der Waals surface area contributed by atoms with Gasteiger partial charge in [-0.3, -0.25) is 4.79 Å². The number of imidazole rings is 1. The van der Waals surface area contributed by atoms with Gasteiger partial charge in [0.15, 0.2) is 0 Å². The molecule has 8 heteroatoms. The number of nitrogens with zero attached hydrogens (tertiary/aromatic N) is 3. The molecule has 4 aromatic rings. The van der Waals surface area contributed by atoms with E-state index in [0.717, 1.165) is 22.7 Å². The number of amides is 1.